The van der Waals surface area contributed by atoms with E-state index in [1.54, 1.807) is 4.31 Å². The van der Waals surface area contributed by atoms with E-state index in [1.807, 2.05) is 7.05 Å². The van der Waals surface area contributed by atoms with Crippen LogP contribution in [0.3, 0.4) is 0 Å². The summed E-state index contributed by atoms with van der Waals surface area (Å²) in [7, 11) is -1.33. The molecule has 0 bridgehead atoms. The van der Waals surface area contributed by atoms with Gasteiger partial charge in [-0.15, -0.1) is 0 Å². The first-order chi connectivity index (χ1) is 13.3. The number of sulfonamides is 1. The molecule has 0 radical (unpaired) electrons. The highest BCUT2D eigenvalue weighted by atomic mass is 35.5. The summed E-state index contributed by atoms with van der Waals surface area (Å²) in [5.74, 6) is -1.38. The third-order valence-electron chi connectivity index (χ3n) is 6.37. The number of likely N-dealkylation sites (N-methyl/N-ethyl adjacent to an activating group) is 1. The second-order valence-corrected chi connectivity index (χ2v) is 10.7. The topological polar surface area (TPSA) is 49.9 Å². The van der Waals surface area contributed by atoms with Crippen LogP contribution in [-0.2, 0) is 10.0 Å². The maximum absolute atomic E-state index is 14.6. The Morgan fingerprint density at radius 2 is 1.93 bits per heavy atom. The van der Waals surface area contributed by atoms with E-state index >= 15 is 0 Å². The first-order valence-electron chi connectivity index (χ1n) is 9.73. The summed E-state index contributed by atoms with van der Waals surface area (Å²) in [6.45, 7) is 2.81. The van der Waals surface area contributed by atoms with E-state index in [-0.39, 0.29) is 46.4 Å². The molecule has 3 aliphatic rings. The van der Waals surface area contributed by atoms with E-state index in [0.717, 1.165) is 19.2 Å². The highest BCUT2D eigenvalue weighted by Gasteiger charge is 2.41. The molecule has 4 rings (SSSR count). The minimum absolute atomic E-state index is 0.00292. The molecule has 1 saturated heterocycles. The van der Waals surface area contributed by atoms with Crippen LogP contribution in [0.1, 0.15) is 30.7 Å². The number of hydrogen-bond acceptors (Lipinski definition) is 4. The van der Waals surface area contributed by atoms with Crippen molar-refractivity contribution in [1.29, 1.82) is 0 Å². The van der Waals surface area contributed by atoms with Gasteiger partial charge in [-0.1, -0.05) is 11.6 Å². The fraction of sp³-hybridized carbons (Fsp3) is 0.684. The summed E-state index contributed by atoms with van der Waals surface area (Å²) >= 11 is 5.84. The second-order valence-electron chi connectivity index (χ2n) is 8.23. The molecule has 0 aromatic heterocycles. The molecule has 1 aromatic rings. The molecule has 156 valence electrons. The van der Waals surface area contributed by atoms with E-state index < -0.39 is 21.7 Å². The van der Waals surface area contributed by atoms with Crippen LogP contribution in [0.2, 0.25) is 5.02 Å². The Labute approximate surface area is 169 Å². The van der Waals surface area contributed by atoms with Crippen LogP contribution in [0.25, 0.3) is 0 Å². The average Bonchev–Trinajstić information content (AvgIpc) is 2.65. The predicted molar refractivity (Wildman–Crippen MR) is 103 cm³/mol. The number of halogens is 3. The third-order valence-corrected chi connectivity index (χ3v) is 8.69. The van der Waals surface area contributed by atoms with E-state index in [4.69, 9.17) is 16.3 Å². The molecule has 1 unspecified atom stereocenters. The highest BCUT2D eigenvalue weighted by Crippen LogP contribution is 2.49. The summed E-state index contributed by atoms with van der Waals surface area (Å²) in [5, 5.41) is -0.236. The lowest BCUT2D eigenvalue weighted by atomic mass is 9.70. The summed E-state index contributed by atoms with van der Waals surface area (Å²) in [6.07, 6.45) is 1.91. The van der Waals surface area contributed by atoms with Gasteiger partial charge in [0, 0.05) is 37.7 Å². The van der Waals surface area contributed by atoms with Crippen LogP contribution in [0, 0.1) is 23.5 Å². The SMILES string of the molecule is CN1CCN(S(=O)(=O)C[C@@H]2CCC3c4c(F)c(Cl)cc(F)c4OC[C@H]3C2)CC1. The zero-order valence-electron chi connectivity index (χ0n) is 15.8. The van der Waals surface area contributed by atoms with Gasteiger partial charge in [-0.05, 0) is 44.2 Å². The fourth-order valence-corrected chi connectivity index (χ4v) is 6.84. The van der Waals surface area contributed by atoms with Crippen molar-refractivity contribution in [3.05, 3.63) is 28.3 Å². The van der Waals surface area contributed by atoms with Crippen molar-refractivity contribution in [2.24, 2.45) is 11.8 Å². The van der Waals surface area contributed by atoms with Crippen molar-refractivity contribution < 1.29 is 21.9 Å². The molecule has 2 aliphatic heterocycles. The van der Waals surface area contributed by atoms with Gasteiger partial charge in [0.2, 0.25) is 10.0 Å². The first-order valence-corrected chi connectivity index (χ1v) is 11.7. The lowest BCUT2D eigenvalue weighted by Crippen LogP contribution is -2.48. The zero-order valence-corrected chi connectivity index (χ0v) is 17.4. The minimum atomic E-state index is -3.32. The van der Waals surface area contributed by atoms with E-state index in [1.165, 1.54) is 0 Å². The molecule has 1 aromatic carbocycles. The van der Waals surface area contributed by atoms with Gasteiger partial charge in [-0.3, -0.25) is 0 Å². The van der Waals surface area contributed by atoms with Gasteiger partial charge in [0.05, 0.1) is 17.4 Å². The van der Waals surface area contributed by atoms with Crippen molar-refractivity contribution in [2.75, 3.05) is 45.6 Å². The molecule has 3 atom stereocenters. The smallest absolute Gasteiger partial charge is 0.214 e. The Balaban J connectivity index is 1.47. The largest absolute Gasteiger partial charge is 0.490 e. The van der Waals surface area contributed by atoms with Crippen LogP contribution in [0.15, 0.2) is 6.07 Å². The molecule has 2 heterocycles. The molecule has 1 aliphatic carbocycles. The normalized spacial score (nSPS) is 29.1. The second kappa shape index (κ2) is 7.70. The number of nitrogens with zero attached hydrogens (tertiary/aromatic N) is 2. The zero-order chi connectivity index (χ0) is 20.1. The Bertz CT molecular complexity index is 859. The van der Waals surface area contributed by atoms with Crippen LogP contribution in [0.5, 0.6) is 5.75 Å². The number of fused-ring (bicyclic) bond motifs is 3. The number of piperazine rings is 1. The van der Waals surface area contributed by atoms with Gasteiger partial charge in [0.1, 0.15) is 5.82 Å². The molecule has 5 nitrogen and oxygen atoms in total. The molecule has 2 fully saturated rings. The molecule has 0 spiro atoms. The predicted octanol–water partition coefficient (Wildman–Crippen LogP) is 3.09. The lowest BCUT2D eigenvalue weighted by molar-refractivity contribution is 0.125. The van der Waals surface area contributed by atoms with Crippen molar-refractivity contribution in [3.63, 3.8) is 0 Å². The van der Waals surface area contributed by atoms with Crippen molar-refractivity contribution in [2.45, 2.75) is 25.2 Å². The van der Waals surface area contributed by atoms with Gasteiger partial charge in [0.15, 0.2) is 11.6 Å². The van der Waals surface area contributed by atoms with Crippen LogP contribution < -0.4 is 4.74 Å². The Kier molecular flexibility index (Phi) is 5.59. The molecular formula is C19H25ClF2N2O3S. The number of ether oxygens (including phenoxy) is 1. The van der Waals surface area contributed by atoms with Crippen molar-refractivity contribution >= 4 is 21.6 Å². The van der Waals surface area contributed by atoms with Crippen LogP contribution in [0.4, 0.5) is 8.78 Å². The van der Waals surface area contributed by atoms with Crippen LogP contribution >= 0.6 is 11.6 Å². The average molecular weight is 435 g/mol. The van der Waals surface area contributed by atoms with Crippen molar-refractivity contribution in [3.8, 4) is 5.75 Å². The Morgan fingerprint density at radius 3 is 2.64 bits per heavy atom. The maximum atomic E-state index is 14.6. The van der Waals surface area contributed by atoms with E-state index in [2.05, 4.69) is 4.90 Å². The van der Waals surface area contributed by atoms with Gasteiger partial charge < -0.3 is 9.64 Å². The molecule has 0 amide bonds. The van der Waals surface area contributed by atoms with Gasteiger partial charge in [-0.25, -0.2) is 17.2 Å². The Morgan fingerprint density at radius 1 is 1.21 bits per heavy atom. The summed E-state index contributed by atoms with van der Waals surface area (Å²) < 4.78 is 61.5. The lowest BCUT2D eigenvalue weighted by Gasteiger charge is -2.41. The summed E-state index contributed by atoms with van der Waals surface area (Å²) in [4.78, 5) is 2.12. The molecular weight excluding hydrogens is 410 g/mol. The number of benzene rings is 1. The molecule has 0 N–H and O–H groups in total. The van der Waals surface area contributed by atoms with E-state index in [9.17, 15) is 17.2 Å². The van der Waals surface area contributed by atoms with E-state index in [0.29, 0.717) is 32.4 Å². The van der Waals surface area contributed by atoms with Gasteiger partial charge in [-0.2, -0.15) is 4.31 Å². The minimum Gasteiger partial charge on any atom is -0.490 e. The number of hydrogen-bond donors (Lipinski definition) is 0. The molecule has 28 heavy (non-hydrogen) atoms. The highest BCUT2D eigenvalue weighted by molar-refractivity contribution is 7.89. The monoisotopic (exact) mass is 434 g/mol. The maximum Gasteiger partial charge on any atom is 0.214 e. The summed E-state index contributed by atoms with van der Waals surface area (Å²) in [5.41, 5.74) is 0.224. The number of rotatable bonds is 3. The summed E-state index contributed by atoms with van der Waals surface area (Å²) in [6, 6.07) is 0.949. The quantitative estimate of drug-likeness (QED) is 0.686. The van der Waals surface area contributed by atoms with Crippen molar-refractivity contribution in [1.82, 2.24) is 9.21 Å². The van der Waals surface area contributed by atoms with Gasteiger partial charge in [0.25, 0.3) is 0 Å². The standard InChI is InChI=1S/C19H25ClF2N2O3S/c1-23-4-6-24(7-5-23)28(25,26)11-12-2-3-14-13(8-12)10-27-19-16(21)9-15(20)18(22)17(14)19/h9,12-14H,2-8,10-11H2,1H3/t12-,13-,14?/m1/s1. The third kappa shape index (κ3) is 3.76. The van der Waals surface area contributed by atoms with Crippen LogP contribution in [-0.4, -0.2) is 63.2 Å². The Hall–Kier alpha value is -0.960. The molecule has 1 saturated carbocycles. The first kappa shape index (κ1) is 20.3. The fourth-order valence-electron chi connectivity index (χ4n) is 4.81. The van der Waals surface area contributed by atoms with Gasteiger partial charge >= 0.3 is 0 Å². The molecule has 9 heteroatoms.